The van der Waals surface area contributed by atoms with E-state index in [2.05, 4.69) is 15.6 Å². The van der Waals surface area contributed by atoms with Gasteiger partial charge in [0, 0.05) is 18.1 Å². The van der Waals surface area contributed by atoms with Gasteiger partial charge in [-0.1, -0.05) is 18.2 Å². The largest absolute Gasteiger partial charge is 0.497 e. The first kappa shape index (κ1) is 18.5. The third kappa shape index (κ3) is 5.60. The fraction of sp³-hybridized carbons (Fsp3) is 0.238. The van der Waals surface area contributed by atoms with E-state index in [1.54, 1.807) is 13.3 Å². The predicted octanol–water partition coefficient (Wildman–Crippen LogP) is 3.16. The Balaban J connectivity index is 1.32. The molecule has 0 saturated heterocycles. The lowest BCUT2D eigenvalue weighted by molar-refractivity contribution is 0.236. The molecule has 0 spiro atoms. The summed E-state index contributed by atoms with van der Waals surface area (Å²) in [6.45, 7) is 1.40. The van der Waals surface area contributed by atoms with Gasteiger partial charge >= 0.3 is 6.03 Å². The van der Waals surface area contributed by atoms with Crippen molar-refractivity contribution in [2.24, 2.45) is 0 Å². The average Bonchev–Trinajstić information content (AvgIpc) is 2.71. The number of ether oxygens (including phenoxy) is 2. The maximum atomic E-state index is 11.8. The lowest BCUT2D eigenvalue weighted by atomic mass is 10.1. The first-order valence-corrected chi connectivity index (χ1v) is 8.87. The molecule has 2 amide bonds. The Morgan fingerprint density at radius 3 is 2.59 bits per heavy atom. The van der Waals surface area contributed by atoms with Crippen molar-refractivity contribution in [3.05, 3.63) is 66.4 Å². The number of hydrogen-bond acceptors (Lipinski definition) is 4. The number of carbonyl (C=O) groups is 1. The van der Waals surface area contributed by atoms with Gasteiger partial charge in [0.2, 0.25) is 0 Å². The summed E-state index contributed by atoms with van der Waals surface area (Å²) in [5, 5.41) is 6.65. The fourth-order valence-electron chi connectivity index (χ4n) is 2.65. The van der Waals surface area contributed by atoms with Crippen molar-refractivity contribution in [1.29, 1.82) is 0 Å². The van der Waals surface area contributed by atoms with Gasteiger partial charge in [-0.3, -0.25) is 4.98 Å². The molecule has 2 N–H and O–H groups in total. The Kier molecular flexibility index (Phi) is 6.46. The Morgan fingerprint density at radius 2 is 1.78 bits per heavy atom. The molecule has 2 aromatic carbocycles. The molecule has 27 heavy (non-hydrogen) atoms. The van der Waals surface area contributed by atoms with E-state index in [0.29, 0.717) is 19.7 Å². The lowest BCUT2D eigenvalue weighted by Crippen LogP contribution is -2.38. The quantitative estimate of drug-likeness (QED) is 0.602. The van der Waals surface area contributed by atoms with Crippen LogP contribution >= 0.6 is 0 Å². The van der Waals surface area contributed by atoms with Crippen molar-refractivity contribution in [1.82, 2.24) is 15.6 Å². The van der Waals surface area contributed by atoms with E-state index < -0.39 is 0 Å². The first-order chi connectivity index (χ1) is 13.2. The highest BCUT2D eigenvalue weighted by Crippen LogP contribution is 2.18. The third-order valence-corrected chi connectivity index (χ3v) is 4.09. The minimum absolute atomic E-state index is 0.199. The number of carbonyl (C=O) groups excluding carboxylic acids is 1. The number of nitrogens with zero attached hydrogens (tertiary/aromatic N) is 1. The van der Waals surface area contributed by atoms with Crippen molar-refractivity contribution in [3.8, 4) is 11.5 Å². The number of rotatable bonds is 8. The number of hydrogen-bond donors (Lipinski definition) is 2. The number of fused-ring (bicyclic) bond motifs is 1. The van der Waals surface area contributed by atoms with Crippen LogP contribution in [0.4, 0.5) is 4.79 Å². The molecule has 140 valence electrons. The highest BCUT2D eigenvalue weighted by Gasteiger charge is 2.01. The number of amides is 2. The predicted molar refractivity (Wildman–Crippen MR) is 105 cm³/mol. The molecule has 1 aromatic heterocycles. The number of methoxy groups -OCH3 is 1. The molecule has 6 nitrogen and oxygen atoms in total. The highest BCUT2D eigenvalue weighted by atomic mass is 16.5. The zero-order chi connectivity index (χ0) is 18.9. The minimum atomic E-state index is -0.199. The van der Waals surface area contributed by atoms with Gasteiger partial charge in [-0.05, 0) is 48.4 Å². The maximum Gasteiger partial charge on any atom is 0.314 e. The van der Waals surface area contributed by atoms with Crippen molar-refractivity contribution in [2.75, 3.05) is 26.8 Å². The van der Waals surface area contributed by atoms with Crippen LogP contribution in [0.2, 0.25) is 0 Å². The Bertz CT molecular complexity index is 881. The molecule has 3 aromatic rings. The molecule has 3 rings (SSSR count). The third-order valence-electron chi connectivity index (χ3n) is 4.09. The van der Waals surface area contributed by atoms with Gasteiger partial charge in [0.25, 0.3) is 0 Å². The summed E-state index contributed by atoms with van der Waals surface area (Å²) in [5.74, 6) is 1.59. The molecular weight excluding hydrogens is 342 g/mol. The van der Waals surface area contributed by atoms with Crippen molar-refractivity contribution >= 4 is 16.9 Å². The van der Waals surface area contributed by atoms with Crippen LogP contribution in [0.3, 0.4) is 0 Å². The van der Waals surface area contributed by atoms with E-state index in [0.717, 1.165) is 34.4 Å². The minimum Gasteiger partial charge on any atom is -0.497 e. The standard InChI is InChI=1S/C21H23N3O3/c1-26-18-6-4-16(5-7-18)10-12-23-21(25)24-13-14-27-19-8-9-20-17(15-19)3-2-11-22-20/h2-9,11,15H,10,12-14H2,1H3,(H2,23,24,25). The Labute approximate surface area is 158 Å². The molecule has 0 atom stereocenters. The zero-order valence-electron chi connectivity index (χ0n) is 15.3. The molecule has 0 aliphatic rings. The molecule has 0 aliphatic carbocycles. The van der Waals surface area contributed by atoms with Crippen LogP contribution in [-0.2, 0) is 6.42 Å². The molecule has 1 heterocycles. The van der Waals surface area contributed by atoms with Crippen LogP contribution in [0, 0.1) is 0 Å². The summed E-state index contributed by atoms with van der Waals surface area (Å²) in [5.41, 5.74) is 2.07. The van der Waals surface area contributed by atoms with E-state index in [9.17, 15) is 4.79 Å². The molecule has 6 heteroatoms. The second-order valence-corrected chi connectivity index (χ2v) is 5.99. The van der Waals surface area contributed by atoms with E-state index in [1.807, 2.05) is 54.6 Å². The molecule has 0 saturated carbocycles. The van der Waals surface area contributed by atoms with Gasteiger partial charge in [0.15, 0.2) is 0 Å². The number of pyridine rings is 1. The maximum absolute atomic E-state index is 11.8. The molecule has 0 bridgehead atoms. The SMILES string of the molecule is COc1ccc(CCNC(=O)NCCOc2ccc3ncccc3c2)cc1. The Morgan fingerprint density at radius 1 is 1.00 bits per heavy atom. The smallest absolute Gasteiger partial charge is 0.314 e. The summed E-state index contributed by atoms with van der Waals surface area (Å²) in [6.07, 6.45) is 2.53. The Hall–Kier alpha value is -3.28. The van der Waals surface area contributed by atoms with Gasteiger partial charge in [-0.25, -0.2) is 4.79 Å². The highest BCUT2D eigenvalue weighted by molar-refractivity contribution is 5.79. The monoisotopic (exact) mass is 365 g/mol. The number of urea groups is 1. The van der Waals surface area contributed by atoms with Crippen LogP contribution in [0.5, 0.6) is 11.5 Å². The van der Waals surface area contributed by atoms with Gasteiger partial charge in [-0.2, -0.15) is 0 Å². The molecular formula is C21H23N3O3. The summed E-state index contributed by atoms with van der Waals surface area (Å²) in [4.78, 5) is 16.1. The summed E-state index contributed by atoms with van der Waals surface area (Å²) < 4.78 is 10.8. The van der Waals surface area contributed by atoms with Crippen LogP contribution in [0.25, 0.3) is 10.9 Å². The van der Waals surface area contributed by atoms with Gasteiger partial charge in [0.1, 0.15) is 18.1 Å². The molecule has 0 aliphatic heterocycles. The second-order valence-electron chi connectivity index (χ2n) is 5.99. The summed E-state index contributed by atoms with van der Waals surface area (Å²) in [7, 11) is 1.64. The van der Waals surface area contributed by atoms with Crippen LogP contribution in [-0.4, -0.2) is 37.8 Å². The van der Waals surface area contributed by atoms with Crippen LogP contribution < -0.4 is 20.1 Å². The van der Waals surface area contributed by atoms with Gasteiger partial charge in [-0.15, -0.1) is 0 Å². The zero-order valence-corrected chi connectivity index (χ0v) is 15.3. The van der Waals surface area contributed by atoms with E-state index >= 15 is 0 Å². The van der Waals surface area contributed by atoms with Crippen molar-refractivity contribution in [3.63, 3.8) is 0 Å². The average molecular weight is 365 g/mol. The number of nitrogens with one attached hydrogen (secondary N) is 2. The van der Waals surface area contributed by atoms with Crippen molar-refractivity contribution in [2.45, 2.75) is 6.42 Å². The summed E-state index contributed by atoms with van der Waals surface area (Å²) >= 11 is 0. The number of aromatic nitrogens is 1. The lowest BCUT2D eigenvalue weighted by Gasteiger charge is -2.10. The summed E-state index contributed by atoms with van der Waals surface area (Å²) in [6, 6.07) is 17.2. The molecule has 0 fully saturated rings. The molecule has 0 radical (unpaired) electrons. The molecule has 0 unspecified atom stereocenters. The number of benzene rings is 2. The second kappa shape index (κ2) is 9.43. The fourth-order valence-corrected chi connectivity index (χ4v) is 2.65. The van der Waals surface area contributed by atoms with Gasteiger partial charge < -0.3 is 20.1 Å². The normalized spacial score (nSPS) is 10.4. The van der Waals surface area contributed by atoms with Crippen LogP contribution in [0.1, 0.15) is 5.56 Å². The van der Waals surface area contributed by atoms with Crippen LogP contribution in [0.15, 0.2) is 60.8 Å². The van der Waals surface area contributed by atoms with E-state index in [-0.39, 0.29) is 6.03 Å². The van der Waals surface area contributed by atoms with E-state index in [4.69, 9.17) is 9.47 Å². The van der Waals surface area contributed by atoms with Gasteiger partial charge in [0.05, 0.1) is 19.2 Å². The first-order valence-electron chi connectivity index (χ1n) is 8.87. The topological polar surface area (TPSA) is 72.5 Å². The van der Waals surface area contributed by atoms with Crippen molar-refractivity contribution < 1.29 is 14.3 Å². The van der Waals surface area contributed by atoms with E-state index in [1.165, 1.54) is 0 Å².